The van der Waals surface area contributed by atoms with Crippen molar-refractivity contribution >= 4 is 15.7 Å². The highest BCUT2D eigenvalue weighted by Gasteiger charge is 2.41. The monoisotopic (exact) mass is 353 g/mol. The number of hydrogen-bond acceptors (Lipinski definition) is 4. The van der Waals surface area contributed by atoms with E-state index in [4.69, 9.17) is 4.74 Å². The first-order chi connectivity index (χ1) is 11.1. The average molecular weight is 353 g/mol. The van der Waals surface area contributed by atoms with Crippen LogP contribution in [0.25, 0.3) is 0 Å². The van der Waals surface area contributed by atoms with Gasteiger partial charge in [-0.1, -0.05) is 12.1 Å². The van der Waals surface area contributed by atoms with Crippen LogP contribution in [0.4, 0.5) is 0 Å². The molecule has 1 amide bonds. The lowest BCUT2D eigenvalue weighted by molar-refractivity contribution is -0.129. The summed E-state index contributed by atoms with van der Waals surface area (Å²) in [5.41, 5.74) is 0.908. The highest BCUT2D eigenvalue weighted by Crippen LogP contribution is 2.27. The topological polar surface area (TPSA) is 63.7 Å². The van der Waals surface area contributed by atoms with Gasteiger partial charge in [0.1, 0.15) is 5.75 Å². The SMILES string of the molecule is CCOc1ccc(CC(=O)N2CCC(S(=O)(=O)C(C)(C)C)C2)cc1. The zero-order valence-corrected chi connectivity index (χ0v) is 15.7. The van der Waals surface area contributed by atoms with Crippen LogP contribution in [0.1, 0.15) is 39.7 Å². The molecule has 1 fully saturated rings. The van der Waals surface area contributed by atoms with Crippen LogP contribution in [0, 0.1) is 0 Å². The molecule has 0 spiro atoms. The second-order valence-corrected chi connectivity index (χ2v) is 10.1. The number of sulfone groups is 1. The highest BCUT2D eigenvalue weighted by atomic mass is 32.2. The maximum absolute atomic E-state index is 12.5. The van der Waals surface area contributed by atoms with Gasteiger partial charge in [0, 0.05) is 13.1 Å². The largest absolute Gasteiger partial charge is 0.494 e. The minimum atomic E-state index is -3.24. The number of amides is 1. The van der Waals surface area contributed by atoms with Crippen molar-refractivity contribution in [3.63, 3.8) is 0 Å². The summed E-state index contributed by atoms with van der Waals surface area (Å²) in [6.07, 6.45) is 0.809. The van der Waals surface area contributed by atoms with E-state index in [2.05, 4.69) is 0 Å². The number of carbonyl (C=O) groups excluding carboxylic acids is 1. The lowest BCUT2D eigenvalue weighted by Crippen LogP contribution is -2.40. The smallest absolute Gasteiger partial charge is 0.227 e. The lowest BCUT2D eigenvalue weighted by atomic mass is 10.1. The number of rotatable bonds is 5. The summed E-state index contributed by atoms with van der Waals surface area (Å²) in [6, 6.07) is 7.45. The van der Waals surface area contributed by atoms with Gasteiger partial charge >= 0.3 is 0 Å². The first-order valence-corrected chi connectivity index (χ1v) is 9.92. The van der Waals surface area contributed by atoms with E-state index in [1.807, 2.05) is 31.2 Å². The van der Waals surface area contributed by atoms with Crippen molar-refractivity contribution in [2.75, 3.05) is 19.7 Å². The second kappa shape index (κ2) is 7.13. The second-order valence-electron chi connectivity index (χ2n) is 7.16. The average Bonchev–Trinajstić information content (AvgIpc) is 2.99. The van der Waals surface area contributed by atoms with Crippen LogP contribution in [-0.2, 0) is 21.1 Å². The third-order valence-corrected chi connectivity index (χ3v) is 7.35. The molecule has 0 radical (unpaired) electrons. The zero-order chi connectivity index (χ0) is 18.0. The van der Waals surface area contributed by atoms with Crippen molar-refractivity contribution in [2.24, 2.45) is 0 Å². The third kappa shape index (κ3) is 4.09. The van der Waals surface area contributed by atoms with Gasteiger partial charge < -0.3 is 9.64 Å². The van der Waals surface area contributed by atoms with Crippen molar-refractivity contribution in [3.8, 4) is 5.75 Å². The Kier molecular flexibility index (Phi) is 5.58. The molecule has 1 saturated heterocycles. The summed E-state index contributed by atoms with van der Waals surface area (Å²) in [4.78, 5) is 14.1. The van der Waals surface area contributed by atoms with Crippen molar-refractivity contribution in [1.29, 1.82) is 0 Å². The van der Waals surface area contributed by atoms with E-state index in [-0.39, 0.29) is 12.3 Å². The predicted octanol–water partition coefficient (Wildman–Crippen LogP) is 2.44. The Balaban J connectivity index is 1.97. The Labute approximate surface area is 144 Å². The molecule has 134 valence electrons. The molecular formula is C18H27NO4S. The van der Waals surface area contributed by atoms with Crippen molar-refractivity contribution in [1.82, 2.24) is 4.90 Å². The molecule has 1 aromatic carbocycles. The van der Waals surface area contributed by atoms with Gasteiger partial charge in [-0.15, -0.1) is 0 Å². The minimum absolute atomic E-state index is 0.0224. The molecule has 0 saturated carbocycles. The molecule has 0 aromatic heterocycles. The molecule has 0 aliphatic carbocycles. The summed E-state index contributed by atoms with van der Waals surface area (Å²) < 4.78 is 29.7. The number of nitrogens with zero attached hydrogens (tertiary/aromatic N) is 1. The van der Waals surface area contributed by atoms with E-state index in [9.17, 15) is 13.2 Å². The van der Waals surface area contributed by atoms with Crippen LogP contribution in [0.15, 0.2) is 24.3 Å². The Bertz CT molecular complexity index is 674. The molecule has 1 aliphatic rings. The minimum Gasteiger partial charge on any atom is -0.494 e. The van der Waals surface area contributed by atoms with E-state index < -0.39 is 19.8 Å². The number of likely N-dealkylation sites (tertiary alicyclic amines) is 1. The van der Waals surface area contributed by atoms with E-state index in [0.717, 1.165) is 11.3 Å². The molecule has 24 heavy (non-hydrogen) atoms. The number of hydrogen-bond donors (Lipinski definition) is 0. The van der Waals surface area contributed by atoms with Crippen molar-refractivity contribution in [3.05, 3.63) is 29.8 Å². The molecule has 1 aliphatic heterocycles. The molecule has 1 heterocycles. The fourth-order valence-corrected chi connectivity index (χ4v) is 4.66. The fraction of sp³-hybridized carbons (Fsp3) is 0.611. The van der Waals surface area contributed by atoms with E-state index in [1.165, 1.54) is 0 Å². The molecule has 0 N–H and O–H groups in total. The van der Waals surface area contributed by atoms with Gasteiger partial charge in [0.25, 0.3) is 0 Å². The summed E-state index contributed by atoms with van der Waals surface area (Å²) in [6.45, 7) is 8.49. The summed E-state index contributed by atoms with van der Waals surface area (Å²) in [7, 11) is -3.24. The molecule has 2 rings (SSSR count). The van der Waals surface area contributed by atoms with E-state index in [0.29, 0.717) is 26.1 Å². The third-order valence-electron chi connectivity index (χ3n) is 4.38. The maximum Gasteiger partial charge on any atom is 0.227 e. The van der Waals surface area contributed by atoms with Crippen LogP contribution in [0.5, 0.6) is 5.75 Å². The Hall–Kier alpha value is -1.56. The summed E-state index contributed by atoms with van der Waals surface area (Å²) in [5, 5.41) is -0.457. The molecule has 5 nitrogen and oxygen atoms in total. The Morgan fingerprint density at radius 2 is 1.88 bits per heavy atom. The standard InChI is InChI=1S/C18H27NO4S/c1-5-23-15-8-6-14(7-9-15)12-17(20)19-11-10-16(13-19)24(21,22)18(2,3)4/h6-9,16H,5,10-13H2,1-4H3. The Morgan fingerprint density at radius 1 is 1.25 bits per heavy atom. The molecule has 0 bridgehead atoms. The molecule has 1 atom stereocenters. The number of carbonyl (C=O) groups is 1. The number of ether oxygens (including phenoxy) is 1. The highest BCUT2D eigenvalue weighted by molar-refractivity contribution is 7.93. The van der Waals surface area contributed by atoms with Gasteiger partial charge in [-0.3, -0.25) is 4.79 Å². The lowest BCUT2D eigenvalue weighted by Gasteiger charge is -2.24. The molecular weight excluding hydrogens is 326 g/mol. The van der Waals surface area contributed by atoms with Crippen molar-refractivity contribution in [2.45, 2.75) is 50.5 Å². The van der Waals surface area contributed by atoms with Gasteiger partial charge in [-0.2, -0.15) is 0 Å². The Morgan fingerprint density at radius 3 is 2.42 bits per heavy atom. The van der Waals surface area contributed by atoms with Crippen LogP contribution in [0.2, 0.25) is 0 Å². The normalized spacial score (nSPS) is 18.7. The quantitative estimate of drug-likeness (QED) is 0.816. The van der Waals surface area contributed by atoms with Gasteiger partial charge in [0.2, 0.25) is 5.91 Å². The molecule has 6 heteroatoms. The van der Waals surface area contributed by atoms with Gasteiger partial charge in [0.05, 0.1) is 23.0 Å². The van der Waals surface area contributed by atoms with Crippen LogP contribution >= 0.6 is 0 Å². The maximum atomic E-state index is 12.5. The van der Waals surface area contributed by atoms with Crippen LogP contribution in [-0.4, -0.2) is 48.9 Å². The predicted molar refractivity (Wildman–Crippen MR) is 95.0 cm³/mol. The summed E-state index contributed by atoms with van der Waals surface area (Å²) >= 11 is 0. The van der Waals surface area contributed by atoms with Crippen molar-refractivity contribution < 1.29 is 17.9 Å². The molecule has 1 aromatic rings. The van der Waals surface area contributed by atoms with Crippen LogP contribution in [0.3, 0.4) is 0 Å². The van der Waals surface area contributed by atoms with Gasteiger partial charge in [-0.05, 0) is 51.8 Å². The fourth-order valence-electron chi connectivity index (χ4n) is 2.86. The number of benzene rings is 1. The zero-order valence-electron chi connectivity index (χ0n) is 14.9. The van der Waals surface area contributed by atoms with Crippen LogP contribution < -0.4 is 4.74 Å². The first-order valence-electron chi connectivity index (χ1n) is 8.38. The van der Waals surface area contributed by atoms with Gasteiger partial charge in [0.15, 0.2) is 9.84 Å². The van der Waals surface area contributed by atoms with E-state index >= 15 is 0 Å². The summed E-state index contributed by atoms with van der Waals surface area (Å²) in [5.74, 6) is 0.761. The van der Waals surface area contributed by atoms with E-state index in [1.54, 1.807) is 25.7 Å². The molecule has 1 unspecified atom stereocenters. The van der Waals surface area contributed by atoms with Gasteiger partial charge in [-0.25, -0.2) is 8.42 Å². The first kappa shape index (κ1) is 18.8.